The molecule has 2 atom stereocenters. The van der Waals surface area contributed by atoms with E-state index in [0.29, 0.717) is 11.3 Å². The number of halogens is 1. The molecule has 3 aromatic rings. The summed E-state index contributed by atoms with van der Waals surface area (Å²) in [6.45, 7) is 5.72. The summed E-state index contributed by atoms with van der Waals surface area (Å²) in [5, 5.41) is 0. The molecule has 0 N–H and O–H groups in total. The lowest BCUT2D eigenvalue weighted by molar-refractivity contribution is 0.0960. The fraction of sp³-hybridized carbons (Fsp3) is 0.125. The number of Topliss-reactive ketones (excluding diaryl/α,β-unsaturated/α-hetero) is 1. The molecule has 30 heavy (non-hydrogen) atoms. The maximum absolute atomic E-state index is 13.6. The van der Waals surface area contributed by atoms with Gasteiger partial charge in [0.25, 0.3) is 10.0 Å². The Balaban J connectivity index is 1.90. The highest BCUT2D eigenvalue weighted by Gasteiger charge is 2.47. The molecule has 0 amide bonds. The molecule has 0 radical (unpaired) electrons. The highest BCUT2D eigenvalue weighted by molar-refractivity contribution is 7.93. The summed E-state index contributed by atoms with van der Waals surface area (Å²) in [5.41, 5.74) is 2.33. The van der Waals surface area contributed by atoms with Gasteiger partial charge in [-0.1, -0.05) is 42.0 Å². The zero-order chi connectivity index (χ0) is 21.5. The van der Waals surface area contributed by atoms with Crippen LogP contribution in [-0.4, -0.2) is 20.2 Å². The number of benzene rings is 3. The number of ketones is 1. The predicted octanol–water partition coefficient (Wildman–Crippen LogP) is 4.86. The van der Waals surface area contributed by atoms with E-state index in [1.807, 2.05) is 6.92 Å². The maximum atomic E-state index is 13.6. The molecule has 0 saturated carbocycles. The van der Waals surface area contributed by atoms with Gasteiger partial charge in [0.05, 0.1) is 10.6 Å². The van der Waals surface area contributed by atoms with Crippen LogP contribution in [0.25, 0.3) is 0 Å². The van der Waals surface area contributed by atoms with Gasteiger partial charge in [-0.2, -0.15) is 0 Å². The van der Waals surface area contributed by atoms with Crippen LogP contribution >= 0.6 is 0 Å². The Morgan fingerprint density at radius 1 is 1.00 bits per heavy atom. The Bertz CT molecular complexity index is 1220. The number of aryl methyl sites for hydroxylation is 1. The molecule has 0 aromatic heterocycles. The average Bonchev–Trinajstić information content (AvgIpc) is 3.09. The molecule has 6 heteroatoms. The van der Waals surface area contributed by atoms with E-state index in [1.165, 1.54) is 40.7 Å². The molecule has 0 saturated heterocycles. The number of para-hydroxylation sites is 1. The van der Waals surface area contributed by atoms with Crippen LogP contribution < -0.4 is 4.31 Å². The highest BCUT2D eigenvalue weighted by atomic mass is 32.2. The van der Waals surface area contributed by atoms with E-state index in [-0.39, 0.29) is 10.5 Å². The summed E-state index contributed by atoms with van der Waals surface area (Å²) >= 11 is 0. The third-order valence-electron chi connectivity index (χ3n) is 5.36. The van der Waals surface area contributed by atoms with Gasteiger partial charge in [-0.25, -0.2) is 12.8 Å². The van der Waals surface area contributed by atoms with E-state index >= 15 is 0 Å². The SMILES string of the molecule is C=CC1c2ccccc2N(S(=O)(=O)c2ccc(C)cc2)C1C(=O)c1ccc(F)cc1. The summed E-state index contributed by atoms with van der Waals surface area (Å²) in [7, 11) is -4.03. The second-order valence-electron chi connectivity index (χ2n) is 7.25. The molecule has 1 heterocycles. The quantitative estimate of drug-likeness (QED) is 0.437. The lowest BCUT2D eigenvalue weighted by Gasteiger charge is -2.28. The van der Waals surface area contributed by atoms with Crippen LogP contribution in [0.2, 0.25) is 0 Å². The van der Waals surface area contributed by atoms with Gasteiger partial charge >= 0.3 is 0 Å². The van der Waals surface area contributed by atoms with E-state index in [9.17, 15) is 17.6 Å². The minimum absolute atomic E-state index is 0.101. The third-order valence-corrected chi connectivity index (χ3v) is 7.16. The van der Waals surface area contributed by atoms with Gasteiger partial charge in [-0.15, -0.1) is 6.58 Å². The Morgan fingerprint density at radius 3 is 2.27 bits per heavy atom. The number of nitrogens with zero attached hydrogens (tertiary/aromatic N) is 1. The number of sulfonamides is 1. The van der Waals surface area contributed by atoms with Crippen molar-refractivity contribution in [1.82, 2.24) is 0 Å². The Labute approximate surface area is 175 Å². The number of fused-ring (bicyclic) bond motifs is 1. The number of carbonyl (C=O) groups excluding carboxylic acids is 1. The van der Waals surface area contributed by atoms with Gasteiger partial charge < -0.3 is 0 Å². The molecule has 3 aromatic carbocycles. The summed E-state index contributed by atoms with van der Waals surface area (Å²) in [5.74, 6) is -1.41. The van der Waals surface area contributed by atoms with Crippen molar-refractivity contribution in [1.29, 1.82) is 0 Å². The van der Waals surface area contributed by atoms with Crippen LogP contribution in [0.3, 0.4) is 0 Å². The van der Waals surface area contributed by atoms with E-state index in [0.717, 1.165) is 5.56 Å². The van der Waals surface area contributed by atoms with Gasteiger partial charge in [0.1, 0.15) is 11.9 Å². The molecule has 2 unspecified atom stereocenters. The smallest absolute Gasteiger partial charge is 0.265 e. The fourth-order valence-corrected chi connectivity index (χ4v) is 5.51. The van der Waals surface area contributed by atoms with Crippen molar-refractivity contribution in [3.63, 3.8) is 0 Å². The lowest BCUT2D eigenvalue weighted by Crippen LogP contribution is -2.44. The number of rotatable bonds is 5. The molecule has 0 bridgehead atoms. The standard InChI is InChI=1S/C24H20FNO3S/c1-3-20-21-6-4-5-7-22(21)26(30(28,29)19-14-8-16(2)9-15-19)23(20)24(27)17-10-12-18(25)13-11-17/h3-15,20,23H,1H2,2H3. The summed E-state index contributed by atoms with van der Waals surface area (Å²) in [4.78, 5) is 13.6. The van der Waals surface area contributed by atoms with Gasteiger partial charge in [0.15, 0.2) is 5.78 Å². The van der Waals surface area contributed by atoms with Crippen molar-refractivity contribution in [3.05, 3.63) is 108 Å². The monoisotopic (exact) mass is 421 g/mol. The molecule has 0 aliphatic carbocycles. The van der Waals surface area contributed by atoms with Gasteiger partial charge in [0, 0.05) is 11.5 Å². The predicted molar refractivity (Wildman–Crippen MR) is 115 cm³/mol. The zero-order valence-corrected chi connectivity index (χ0v) is 17.1. The van der Waals surface area contributed by atoms with Gasteiger partial charge in [-0.05, 0) is 55.0 Å². The molecule has 152 valence electrons. The minimum Gasteiger partial charge on any atom is -0.292 e. The van der Waals surface area contributed by atoms with Crippen molar-refractivity contribution in [3.8, 4) is 0 Å². The van der Waals surface area contributed by atoms with Crippen LogP contribution in [0.5, 0.6) is 0 Å². The molecule has 0 fully saturated rings. The highest BCUT2D eigenvalue weighted by Crippen LogP contribution is 2.45. The minimum atomic E-state index is -4.03. The van der Waals surface area contributed by atoms with E-state index in [1.54, 1.807) is 42.5 Å². The van der Waals surface area contributed by atoms with E-state index < -0.39 is 33.6 Å². The normalized spacial score (nSPS) is 18.1. The Kier molecular flexibility index (Phi) is 5.03. The lowest BCUT2D eigenvalue weighted by atomic mass is 9.90. The van der Waals surface area contributed by atoms with Crippen molar-refractivity contribution in [2.75, 3.05) is 4.31 Å². The first-order chi connectivity index (χ1) is 14.3. The third kappa shape index (κ3) is 3.23. The average molecular weight is 421 g/mol. The van der Waals surface area contributed by atoms with Crippen LogP contribution in [0, 0.1) is 12.7 Å². The summed E-state index contributed by atoms with van der Waals surface area (Å²) in [6, 6.07) is 17.6. The van der Waals surface area contributed by atoms with Crippen LogP contribution in [0.4, 0.5) is 10.1 Å². The van der Waals surface area contributed by atoms with Crippen LogP contribution in [0.1, 0.15) is 27.4 Å². The maximum Gasteiger partial charge on any atom is 0.265 e. The topological polar surface area (TPSA) is 54.5 Å². The van der Waals surface area contributed by atoms with Crippen molar-refractivity contribution < 1.29 is 17.6 Å². The summed E-state index contributed by atoms with van der Waals surface area (Å²) < 4.78 is 41.9. The first kappa shape index (κ1) is 20.0. The second-order valence-corrected chi connectivity index (χ2v) is 9.07. The van der Waals surface area contributed by atoms with Crippen molar-refractivity contribution >= 4 is 21.5 Å². The fourth-order valence-electron chi connectivity index (χ4n) is 3.85. The van der Waals surface area contributed by atoms with E-state index in [2.05, 4.69) is 6.58 Å². The van der Waals surface area contributed by atoms with E-state index in [4.69, 9.17) is 0 Å². The molecule has 1 aliphatic heterocycles. The molecule has 4 nitrogen and oxygen atoms in total. The number of hydrogen-bond acceptors (Lipinski definition) is 3. The Hall–Kier alpha value is -3.25. The molecular formula is C24H20FNO3S. The molecule has 4 rings (SSSR count). The summed E-state index contributed by atoms with van der Waals surface area (Å²) in [6.07, 6.45) is 1.59. The largest absolute Gasteiger partial charge is 0.292 e. The van der Waals surface area contributed by atoms with Gasteiger partial charge in [0.2, 0.25) is 0 Å². The Morgan fingerprint density at radius 2 is 1.63 bits per heavy atom. The number of carbonyl (C=O) groups is 1. The van der Waals surface area contributed by atoms with Crippen LogP contribution in [0.15, 0.2) is 90.3 Å². The van der Waals surface area contributed by atoms with Gasteiger partial charge in [-0.3, -0.25) is 9.10 Å². The zero-order valence-electron chi connectivity index (χ0n) is 16.3. The molecular weight excluding hydrogens is 401 g/mol. The van der Waals surface area contributed by atoms with Crippen molar-refractivity contribution in [2.24, 2.45) is 0 Å². The molecule has 1 aliphatic rings. The van der Waals surface area contributed by atoms with Crippen LogP contribution in [-0.2, 0) is 10.0 Å². The first-order valence-corrected chi connectivity index (χ1v) is 10.9. The molecule has 0 spiro atoms. The van der Waals surface area contributed by atoms with Crippen molar-refractivity contribution in [2.45, 2.75) is 23.8 Å². The second kappa shape index (κ2) is 7.54. The first-order valence-electron chi connectivity index (χ1n) is 9.47. The number of hydrogen-bond donors (Lipinski definition) is 0. The number of anilines is 1.